The Labute approximate surface area is 127 Å². The van der Waals surface area contributed by atoms with Gasteiger partial charge in [0.25, 0.3) is 5.91 Å². The summed E-state index contributed by atoms with van der Waals surface area (Å²) in [6.45, 7) is 3.41. The molecule has 2 N–H and O–H groups in total. The number of amides is 1. The minimum absolute atomic E-state index is 0.0489. The van der Waals surface area contributed by atoms with Crippen LogP contribution in [0.15, 0.2) is 22.7 Å². The van der Waals surface area contributed by atoms with E-state index in [1.807, 2.05) is 30.0 Å². The molecule has 1 heterocycles. The van der Waals surface area contributed by atoms with Crippen LogP contribution in [0.1, 0.15) is 28.8 Å². The van der Waals surface area contributed by atoms with Crippen LogP contribution in [0.5, 0.6) is 0 Å². The van der Waals surface area contributed by atoms with Gasteiger partial charge in [0, 0.05) is 23.5 Å². The Morgan fingerprint density at radius 3 is 2.89 bits per heavy atom. The van der Waals surface area contributed by atoms with Crippen molar-refractivity contribution in [2.75, 3.05) is 13.1 Å². The lowest BCUT2D eigenvalue weighted by Gasteiger charge is -2.32. The summed E-state index contributed by atoms with van der Waals surface area (Å²) in [5.41, 5.74) is 7.53. The molecule has 19 heavy (non-hydrogen) atoms. The zero-order chi connectivity index (χ0) is 14.0. The van der Waals surface area contributed by atoms with Crippen LogP contribution >= 0.6 is 28.1 Å². The smallest absolute Gasteiger partial charge is 0.255 e. The zero-order valence-corrected chi connectivity index (χ0v) is 13.3. The Morgan fingerprint density at radius 2 is 2.26 bits per heavy atom. The lowest BCUT2D eigenvalue weighted by molar-refractivity contribution is 0.0702. The fourth-order valence-corrected chi connectivity index (χ4v) is 3.21. The number of nitrogens with two attached hydrogens (primary N) is 1. The number of carbonyl (C=O) groups excluding carboxylic acids is 1. The summed E-state index contributed by atoms with van der Waals surface area (Å²) in [4.78, 5) is 14.9. The number of carbonyl (C=O) groups is 1. The molecule has 3 nitrogen and oxygen atoms in total. The van der Waals surface area contributed by atoms with Crippen molar-refractivity contribution in [3.05, 3.63) is 33.8 Å². The lowest BCUT2D eigenvalue weighted by Crippen LogP contribution is -2.43. The van der Waals surface area contributed by atoms with Crippen molar-refractivity contribution in [3.63, 3.8) is 0 Å². The Balaban J connectivity index is 2.17. The molecule has 0 radical (unpaired) electrons. The van der Waals surface area contributed by atoms with Crippen molar-refractivity contribution in [2.45, 2.75) is 19.8 Å². The van der Waals surface area contributed by atoms with Crippen molar-refractivity contribution in [1.82, 2.24) is 4.90 Å². The first-order valence-corrected chi connectivity index (χ1v) is 7.54. The Kier molecular flexibility index (Phi) is 4.58. The van der Waals surface area contributed by atoms with Crippen LogP contribution < -0.4 is 5.73 Å². The average molecular weight is 341 g/mol. The van der Waals surface area contributed by atoms with Crippen molar-refractivity contribution >= 4 is 39.0 Å². The van der Waals surface area contributed by atoms with Gasteiger partial charge in [0.1, 0.15) is 0 Å². The summed E-state index contributed by atoms with van der Waals surface area (Å²) in [7, 11) is 0. The highest BCUT2D eigenvalue weighted by Crippen LogP contribution is 2.23. The van der Waals surface area contributed by atoms with E-state index in [0.717, 1.165) is 29.4 Å². The van der Waals surface area contributed by atoms with E-state index in [-0.39, 0.29) is 11.8 Å². The van der Waals surface area contributed by atoms with E-state index in [2.05, 4.69) is 15.9 Å². The first-order valence-electron chi connectivity index (χ1n) is 6.34. The molecule has 1 atom stereocenters. The Hall–Kier alpha value is -0.940. The van der Waals surface area contributed by atoms with Crippen molar-refractivity contribution < 1.29 is 4.79 Å². The van der Waals surface area contributed by atoms with Gasteiger partial charge in [-0.25, -0.2) is 0 Å². The molecule has 0 aromatic heterocycles. The van der Waals surface area contributed by atoms with Crippen LogP contribution in [-0.2, 0) is 0 Å². The first kappa shape index (κ1) is 14.5. The molecule has 1 saturated heterocycles. The van der Waals surface area contributed by atoms with Crippen molar-refractivity contribution in [1.29, 1.82) is 0 Å². The molecule has 2 rings (SSSR count). The third kappa shape index (κ3) is 3.34. The van der Waals surface area contributed by atoms with Gasteiger partial charge < -0.3 is 10.6 Å². The van der Waals surface area contributed by atoms with Crippen LogP contribution in [0.4, 0.5) is 0 Å². The van der Waals surface area contributed by atoms with Crippen LogP contribution in [0, 0.1) is 12.8 Å². The maximum atomic E-state index is 12.5. The molecule has 1 aliphatic rings. The highest BCUT2D eigenvalue weighted by molar-refractivity contribution is 9.10. The summed E-state index contributed by atoms with van der Waals surface area (Å²) in [6.07, 6.45) is 1.94. The van der Waals surface area contributed by atoms with E-state index in [1.165, 1.54) is 0 Å². The number of hydrogen-bond donors (Lipinski definition) is 1. The fraction of sp³-hybridized carbons (Fsp3) is 0.429. The van der Waals surface area contributed by atoms with E-state index in [0.29, 0.717) is 17.1 Å². The molecule has 1 unspecified atom stereocenters. The van der Waals surface area contributed by atoms with Crippen molar-refractivity contribution in [3.8, 4) is 0 Å². The standard InChI is InChI=1S/C14H17BrN2OS/c1-9-4-5-11(12(15)7-9)14(18)17-6-2-3-10(8-17)13(16)19/h4-5,7,10H,2-3,6,8H2,1H3,(H2,16,19). The summed E-state index contributed by atoms with van der Waals surface area (Å²) in [5, 5.41) is 0. The summed E-state index contributed by atoms with van der Waals surface area (Å²) in [6, 6.07) is 5.78. The lowest BCUT2D eigenvalue weighted by atomic mass is 9.97. The van der Waals surface area contributed by atoms with E-state index >= 15 is 0 Å². The minimum atomic E-state index is 0.0489. The number of piperidine rings is 1. The van der Waals surface area contributed by atoms with E-state index in [9.17, 15) is 4.79 Å². The fourth-order valence-electron chi connectivity index (χ4n) is 2.36. The minimum Gasteiger partial charge on any atom is -0.393 e. The molecule has 5 heteroatoms. The van der Waals surface area contributed by atoms with Gasteiger partial charge in [-0.15, -0.1) is 0 Å². The maximum Gasteiger partial charge on any atom is 0.255 e. The number of nitrogens with zero attached hydrogens (tertiary/aromatic N) is 1. The number of halogens is 1. The molecule has 0 spiro atoms. The highest BCUT2D eigenvalue weighted by atomic mass is 79.9. The molecule has 0 bridgehead atoms. The van der Waals surface area contributed by atoms with Gasteiger partial charge in [0.15, 0.2) is 0 Å². The van der Waals surface area contributed by atoms with Gasteiger partial charge in [-0.3, -0.25) is 4.79 Å². The third-order valence-electron chi connectivity index (χ3n) is 3.47. The molecule has 102 valence electrons. The third-order valence-corrected chi connectivity index (χ3v) is 4.46. The number of hydrogen-bond acceptors (Lipinski definition) is 2. The molecule has 1 amide bonds. The second-order valence-electron chi connectivity index (χ2n) is 4.98. The van der Waals surface area contributed by atoms with Gasteiger partial charge in [-0.05, 0) is 53.4 Å². The van der Waals surface area contributed by atoms with Crippen LogP contribution in [-0.4, -0.2) is 28.9 Å². The second-order valence-corrected chi connectivity index (χ2v) is 6.30. The normalized spacial score (nSPS) is 19.3. The molecule has 1 fully saturated rings. The number of thiocarbonyl (C=S) groups is 1. The predicted molar refractivity (Wildman–Crippen MR) is 84.3 cm³/mol. The van der Waals surface area contributed by atoms with Gasteiger partial charge >= 0.3 is 0 Å². The monoisotopic (exact) mass is 340 g/mol. The molecule has 1 aromatic rings. The molecule has 1 aromatic carbocycles. The van der Waals surface area contributed by atoms with E-state index in [1.54, 1.807) is 0 Å². The Morgan fingerprint density at radius 1 is 1.53 bits per heavy atom. The summed E-state index contributed by atoms with van der Waals surface area (Å²) in [5.74, 6) is 0.199. The van der Waals surface area contributed by atoms with Gasteiger partial charge in [0.2, 0.25) is 0 Å². The van der Waals surface area contributed by atoms with Gasteiger partial charge in [-0.2, -0.15) is 0 Å². The molecule has 1 aliphatic heterocycles. The van der Waals surface area contributed by atoms with Crippen LogP contribution in [0.2, 0.25) is 0 Å². The van der Waals surface area contributed by atoms with E-state index in [4.69, 9.17) is 18.0 Å². The first-order chi connectivity index (χ1) is 8.99. The quantitative estimate of drug-likeness (QED) is 0.842. The molecule has 0 saturated carbocycles. The van der Waals surface area contributed by atoms with E-state index < -0.39 is 0 Å². The number of rotatable bonds is 2. The molecule has 0 aliphatic carbocycles. The van der Waals surface area contributed by atoms with Crippen LogP contribution in [0.25, 0.3) is 0 Å². The highest BCUT2D eigenvalue weighted by Gasteiger charge is 2.26. The molecular weight excluding hydrogens is 324 g/mol. The Bertz CT molecular complexity index is 518. The SMILES string of the molecule is Cc1ccc(C(=O)N2CCCC(C(N)=S)C2)c(Br)c1. The largest absolute Gasteiger partial charge is 0.393 e. The average Bonchev–Trinajstić information content (AvgIpc) is 2.38. The number of aryl methyl sites for hydroxylation is 1. The maximum absolute atomic E-state index is 12.5. The van der Waals surface area contributed by atoms with Crippen molar-refractivity contribution in [2.24, 2.45) is 11.7 Å². The number of likely N-dealkylation sites (tertiary alicyclic amines) is 1. The van der Waals surface area contributed by atoms with Crippen LogP contribution in [0.3, 0.4) is 0 Å². The zero-order valence-electron chi connectivity index (χ0n) is 10.9. The number of benzene rings is 1. The molecular formula is C14H17BrN2OS. The summed E-state index contributed by atoms with van der Waals surface area (Å²) >= 11 is 8.51. The summed E-state index contributed by atoms with van der Waals surface area (Å²) < 4.78 is 0.843. The van der Waals surface area contributed by atoms with Gasteiger partial charge in [-0.1, -0.05) is 18.3 Å². The second kappa shape index (κ2) is 6.01. The predicted octanol–water partition coefficient (Wildman–Crippen LogP) is 2.90. The van der Waals surface area contributed by atoms with Gasteiger partial charge in [0.05, 0.1) is 10.6 Å². The topological polar surface area (TPSA) is 46.3 Å².